The van der Waals surface area contributed by atoms with Gasteiger partial charge in [-0.1, -0.05) is 6.07 Å². The molecule has 0 spiro atoms. The molecule has 0 radical (unpaired) electrons. The number of nitro groups is 1. The van der Waals surface area contributed by atoms with Crippen LogP contribution in [0.5, 0.6) is 5.75 Å². The second-order valence-corrected chi connectivity index (χ2v) is 5.64. The maximum absolute atomic E-state index is 11.1. The van der Waals surface area contributed by atoms with E-state index in [1.165, 1.54) is 12.8 Å². The first-order valence-corrected chi connectivity index (χ1v) is 7.47. The maximum Gasteiger partial charge on any atom is 0.310 e. The van der Waals surface area contributed by atoms with E-state index >= 15 is 0 Å². The highest BCUT2D eigenvalue weighted by Gasteiger charge is 2.23. The molecular formula is C15H20N2O4. The molecule has 1 heterocycles. The number of ether oxygens (including phenoxy) is 2. The molecule has 0 aromatic heterocycles. The topological polar surface area (TPSA) is 73.6 Å². The summed E-state index contributed by atoms with van der Waals surface area (Å²) >= 11 is 0. The molecule has 0 atom stereocenters. The van der Waals surface area contributed by atoms with Gasteiger partial charge >= 0.3 is 5.69 Å². The lowest BCUT2D eigenvalue weighted by molar-refractivity contribution is -0.386. The van der Waals surface area contributed by atoms with E-state index < -0.39 is 0 Å². The van der Waals surface area contributed by atoms with Crippen LogP contribution in [0.4, 0.5) is 5.69 Å². The molecular weight excluding hydrogens is 272 g/mol. The summed E-state index contributed by atoms with van der Waals surface area (Å²) in [7, 11) is 0. The van der Waals surface area contributed by atoms with Crippen molar-refractivity contribution in [1.29, 1.82) is 0 Å². The zero-order valence-corrected chi connectivity index (χ0v) is 11.9. The van der Waals surface area contributed by atoms with E-state index in [1.54, 1.807) is 18.2 Å². The zero-order chi connectivity index (χ0) is 14.7. The predicted molar refractivity (Wildman–Crippen MR) is 77.4 cm³/mol. The lowest BCUT2D eigenvalue weighted by atomic mass is 10.1. The molecule has 3 rings (SSSR count). The molecule has 0 bridgehead atoms. The monoisotopic (exact) mass is 292 g/mol. The number of hydrogen-bond donors (Lipinski definition) is 1. The summed E-state index contributed by atoms with van der Waals surface area (Å²) in [4.78, 5) is 10.8. The Kier molecular flexibility index (Phi) is 4.36. The van der Waals surface area contributed by atoms with E-state index in [-0.39, 0.29) is 16.7 Å². The number of rotatable bonds is 6. The van der Waals surface area contributed by atoms with E-state index in [4.69, 9.17) is 9.47 Å². The zero-order valence-electron chi connectivity index (χ0n) is 11.9. The minimum atomic E-state index is -0.382. The summed E-state index contributed by atoms with van der Waals surface area (Å²) in [5.74, 6) is 0.377. The van der Waals surface area contributed by atoms with Gasteiger partial charge in [-0.2, -0.15) is 0 Å². The van der Waals surface area contributed by atoms with Gasteiger partial charge < -0.3 is 14.8 Å². The van der Waals surface area contributed by atoms with Crippen LogP contribution in [0.1, 0.15) is 31.2 Å². The van der Waals surface area contributed by atoms with Gasteiger partial charge in [0.15, 0.2) is 5.75 Å². The fourth-order valence-electron chi connectivity index (χ4n) is 2.44. The molecule has 1 aromatic rings. The van der Waals surface area contributed by atoms with Gasteiger partial charge in [0.2, 0.25) is 0 Å². The van der Waals surface area contributed by atoms with Crippen molar-refractivity contribution in [2.75, 3.05) is 13.2 Å². The Morgan fingerprint density at radius 1 is 1.29 bits per heavy atom. The first kappa shape index (κ1) is 14.3. The Morgan fingerprint density at radius 3 is 2.71 bits per heavy atom. The van der Waals surface area contributed by atoms with Crippen LogP contribution in [0.25, 0.3) is 0 Å². The quantitative estimate of drug-likeness (QED) is 0.644. The molecule has 6 heteroatoms. The van der Waals surface area contributed by atoms with Gasteiger partial charge in [-0.3, -0.25) is 10.1 Å². The van der Waals surface area contributed by atoms with Crippen molar-refractivity contribution in [2.45, 2.75) is 44.4 Å². The van der Waals surface area contributed by atoms with Gasteiger partial charge in [0.1, 0.15) is 6.10 Å². The van der Waals surface area contributed by atoms with E-state index in [0.717, 1.165) is 24.9 Å². The molecule has 1 saturated carbocycles. The summed E-state index contributed by atoms with van der Waals surface area (Å²) in [5, 5.41) is 14.5. The van der Waals surface area contributed by atoms with Gasteiger partial charge in [0.05, 0.1) is 18.1 Å². The van der Waals surface area contributed by atoms with Crippen LogP contribution in [0.15, 0.2) is 18.2 Å². The van der Waals surface area contributed by atoms with Crippen molar-refractivity contribution in [3.63, 3.8) is 0 Å². The highest BCUT2D eigenvalue weighted by Crippen LogP contribution is 2.31. The molecule has 21 heavy (non-hydrogen) atoms. The maximum atomic E-state index is 11.1. The van der Waals surface area contributed by atoms with Crippen LogP contribution >= 0.6 is 0 Å². The fourth-order valence-corrected chi connectivity index (χ4v) is 2.44. The molecule has 114 valence electrons. The summed E-state index contributed by atoms with van der Waals surface area (Å²) < 4.78 is 11.1. The Hall–Kier alpha value is -1.66. The van der Waals surface area contributed by atoms with Gasteiger partial charge in [-0.15, -0.1) is 0 Å². The van der Waals surface area contributed by atoms with Crippen molar-refractivity contribution in [3.8, 4) is 5.75 Å². The van der Waals surface area contributed by atoms with Gasteiger partial charge in [0.25, 0.3) is 0 Å². The number of benzene rings is 1. The molecule has 6 nitrogen and oxygen atoms in total. The standard InChI is InChI=1S/C15H20N2O4/c18-17(19)14-4-1-11(10-16-12-2-3-12)9-15(14)21-13-5-7-20-8-6-13/h1,4,9,12-13,16H,2-3,5-8,10H2. The average molecular weight is 292 g/mol. The molecule has 0 unspecified atom stereocenters. The molecule has 1 aliphatic heterocycles. The molecule has 2 aliphatic rings. The molecule has 1 aliphatic carbocycles. The average Bonchev–Trinajstić information content (AvgIpc) is 3.30. The van der Waals surface area contributed by atoms with Crippen LogP contribution in [0.2, 0.25) is 0 Å². The number of nitro benzene ring substituents is 1. The molecule has 0 amide bonds. The number of nitrogens with zero attached hydrogens (tertiary/aromatic N) is 1. The van der Waals surface area contributed by atoms with Crippen LogP contribution in [-0.4, -0.2) is 30.3 Å². The third-order valence-electron chi connectivity index (χ3n) is 3.86. The number of nitrogens with one attached hydrogen (secondary N) is 1. The second-order valence-electron chi connectivity index (χ2n) is 5.64. The van der Waals surface area contributed by atoms with Crippen LogP contribution < -0.4 is 10.1 Å². The van der Waals surface area contributed by atoms with Crippen molar-refractivity contribution in [1.82, 2.24) is 5.32 Å². The summed E-state index contributed by atoms with van der Waals surface area (Å²) in [6.45, 7) is 2.04. The highest BCUT2D eigenvalue weighted by molar-refractivity contribution is 5.48. The fraction of sp³-hybridized carbons (Fsp3) is 0.600. The Bertz CT molecular complexity index is 510. The van der Waals surface area contributed by atoms with Crippen LogP contribution in [0.3, 0.4) is 0 Å². The Morgan fingerprint density at radius 2 is 2.05 bits per heavy atom. The van der Waals surface area contributed by atoms with Gasteiger partial charge in [0, 0.05) is 31.5 Å². The van der Waals surface area contributed by atoms with Crippen LogP contribution in [-0.2, 0) is 11.3 Å². The summed E-state index contributed by atoms with van der Waals surface area (Å²) in [6.07, 6.45) is 4.00. The minimum absolute atomic E-state index is 0.00379. The third kappa shape index (κ3) is 3.92. The van der Waals surface area contributed by atoms with Crippen LogP contribution in [0, 0.1) is 10.1 Å². The predicted octanol–water partition coefficient (Wildman–Crippen LogP) is 2.40. The van der Waals surface area contributed by atoms with E-state index in [0.29, 0.717) is 25.0 Å². The van der Waals surface area contributed by atoms with Gasteiger partial charge in [-0.05, 0) is 24.5 Å². The SMILES string of the molecule is O=[N+]([O-])c1ccc(CNC2CC2)cc1OC1CCOCC1. The first-order chi connectivity index (χ1) is 10.2. The molecule has 2 fully saturated rings. The second kappa shape index (κ2) is 6.41. The smallest absolute Gasteiger partial charge is 0.310 e. The normalized spacial score (nSPS) is 19.4. The van der Waals surface area contributed by atoms with Crippen molar-refractivity contribution in [2.24, 2.45) is 0 Å². The third-order valence-corrected chi connectivity index (χ3v) is 3.86. The molecule has 1 aromatic carbocycles. The van der Waals surface area contributed by atoms with Crippen molar-refractivity contribution < 1.29 is 14.4 Å². The van der Waals surface area contributed by atoms with E-state index in [9.17, 15) is 10.1 Å². The van der Waals surface area contributed by atoms with Crippen molar-refractivity contribution >= 4 is 5.69 Å². The highest BCUT2D eigenvalue weighted by atomic mass is 16.6. The Balaban J connectivity index is 1.72. The van der Waals surface area contributed by atoms with E-state index in [1.807, 2.05) is 0 Å². The summed E-state index contributed by atoms with van der Waals surface area (Å²) in [5.41, 5.74) is 1.06. The lowest BCUT2D eigenvalue weighted by Gasteiger charge is -2.23. The molecule has 1 saturated heterocycles. The first-order valence-electron chi connectivity index (χ1n) is 7.47. The van der Waals surface area contributed by atoms with Gasteiger partial charge in [-0.25, -0.2) is 0 Å². The van der Waals surface area contributed by atoms with Crippen molar-refractivity contribution in [3.05, 3.63) is 33.9 Å². The minimum Gasteiger partial charge on any atom is -0.483 e. The van der Waals surface area contributed by atoms with E-state index in [2.05, 4.69) is 5.32 Å². The Labute approximate surface area is 123 Å². The lowest BCUT2D eigenvalue weighted by Crippen LogP contribution is -2.26. The molecule has 1 N–H and O–H groups in total. The number of hydrogen-bond acceptors (Lipinski definition) is 5. The largest absolute Gasteiger partial charge is 0.483 e. The summed E-state index contributed by atoms with van der Waals surface area (Å²) in [6, 6.07) is 5.74.